The Bertz CT molecular complexity index is 285. The van der Waals surface area contributed by atoms with Gasteiger partial charge in [0.05, 0.1) is 0 Å². The lowest BCUT2D eigenvalue weighted by molar-refractivity contribution is 0.0751. The summed E-state index contributed by atoms with van der Waals surface area (Å²) in [5, 5.41) is 3.45. The van der Waals surface area contributed by atoms with Crippen molar-refractivity contribution in [1.82, 2.24) is 15.1 Å². The van der Waals surface area contributed by atoms with Crippen molar-refractivity contribution in [2.24, 2.45) is 5.92 Å². The summed E-state index contributed by atoms with van der Waals surface area (Å²) in [5.41, 5.74) is 0. The Morgan fingerprint density at radius 3 is 2.10 bits per heavy atom. The number of likely N-dealkylation sites (tertiary alicyclic amines) is 2. The molecule has 0 amide bonds. The average Bonchev–Trinajstić information content (AvgIpc) is 2.57. The molecule has 0 atom stereocenters. The van der Waals surface area contributed by atoms with Gasteiger partial charge in [-0.05, 0) is 77.7 Å². The molecular weight excluding hydrogens is 258 g/mol. The zero-order valence-electron chi connectivity index (χ0n) is 14.0. The van der Waals surface area contributed by atoms with Crippen LogP contribution in [0.25, 0.3) is 0 Å². The van der Waals surface area contributed by atoms with Gasteiger partial charge >= 0.3 is 0 Å². The Morgan fingerprint density at radius 1 is 0.810 bits per heavy atom. The normalized spacial score (nSPS) is 29.0. The second-order valence-electron chi connectivity index (χ2n) is 7.63. The van der Waals surface area contributed by atoms with E-state index >= 15 is 0 Å². The third kappa shape index (κ3) is 4.43. The van der Waals surface area contributed by atoms with E-state index in [1.165, 1.54) is 90.5 Å². The molecule has 0 spiro atoms. The van der Waals surface area contributed by atoms with Gasteiger partial charge in [0, 0.05) is 18.6 Å². The molecule has 1 saturated carbocycles. The summed E-state index contributed by atoms with van der Waals surface area (Å²) in [6.07, 6.45) is 13.0. The van der Waals surface area contributed by atoms with E-state index in [0.29, 0.717) is 0 Å². The lowest BCUT2D eigenvalue weighted by Crippen LogP contribution is -2.50. The largest absolute Gasteiger partial charge is 0.317 e. The molecule has 3 fully saturated rings. The highest BCUT2D eigenvalue weighted by Gasteiger charge is 2.28. The van der Waals surface area contributed by atoms with Crippen molar-refractivity contribution in [3.63, 3.8) is 0 Å². The fourth-order valence-corrected chi connectivity index (χ4v) is 4.76. The summed E-state index contributed by atoms with van der Waals surface area (Å²) in [6, 6.07) is 1.65. The zero-order chi connectivity index (χ0) is 14.5. The maximum absolute atomic E-state index is 3.45. The summed E-state index contributed by atoms with van der Waals surface area (Å²) in [6.45, 7) is 6.74. The molecule has 0 unspecified atom stereocenters. The topological polar surface area (TPSA) is 18.5 Å². The van der Waals surface area contributed by atoms with Gasteiger partial charge in [-0.3, -0.25) is 0 Å². The number of rotatable bonds is 4. The van der Waals surface area contributed by atoms with Crippen LogP contribution < -0.4 is 5.32 Å². The minimum atomic E-state index is 0.771. The molecule has 2 aliphatic heterocycles. The van der Waals surface area contributed by atoms with Crippen molar-refractivity contribution in [3.05, 3.63) is 0 Å². The molecule has 2 saturated heterocycles. The van der Waals surface area contributed by atoms with Crippen molar-refractivity contribution in [1.29, 1.82) is 0 Å². The van der Waals surface area contributed by atoms with Gasteiger partial charge < -0.3 is 15.1 Å². The van der Waals surface area contributed by atoms with Crippen LogP contribution in [-0.4, -0.2) is 61.7 Å². The first-order chi connectivity index (χ1) is 10.3. The predicted octanol–water partition coefficient (Wildman–Crippen LogP) is 2.71. The fraction of sp³-hybridized carbons (Fsp3) is 1.00. The van der Waals surface area contributed by atoms with Crippen molar-refractivity contribution < 1.29 is 0 Å². The number of piperidine rings is 2. The van der Waals surface area contributed by atoms with Crippen LogP contribution in [0.15, 0.2) is 0 Å². The monoisotopic (exact) mass is 293 g/mol. The highest BCUT2D eigenvalue weighted by Crippen LogP contribution is 2.27. The first-order valence-electron chi connectivity index (χ1n) is 9.49. The molecule has 21 heavy (non-hydrogen) atoms. The fourth-order valence-electron chi connectivity index (χ4n) is 4.76. The molecule has 1 aliphatic carbocycles. The van der Waals surface area contributed by atoms with Crippen LogP contribution in [0.5, 0.6) is 0 Å². The van der Waals surface area contributed by atoms with Gasteiger partial charge in [0.15, 0.2) is 0 Å². The summed E-state index contributed by atoms with van der Waals surface area (Å²) < 4.78 is 0. The van der Waals surface area contributed by atoms with E-state index in [1.54, 1.807) is 0 Å². The number of nitrogens with one attached hydrogen (secondary N) is 1. The van der Waals surface area contributed by atoms with Crippen molar-refractivity contribution in [3.8, 4) is 0 Å². The first kappa shape index (κ1) is 15.8. The van der Waals surface area contributed by atoms with Crippen LogP contribution in [0, 0.1) is 5.92 Å². The van der Waals surface area contributed by atoms with Crippen LogP contribution in [0.3, 0.4) is 0 Å². The van der Waals surface area contributed by atoms with Gasteiger partial charge in [0.25, 0.3) is 0 Å². The molecule has 2 heterocycles. The van der Waals surface area contributed by atoms with Crippen LogP contribution >= 0.6 is 0 Å². The summed E-state index contributed by atoms with van der Waals surface area (Å²) in [5.74, 6) is 1.02. The molecule has 3 nitrogen and oxygen atoms in total. The van der Waals surface area contributed by atoms with Crippen molar-refractivity contribution >= 4 is 0 Å². The third-order valence-electron chi connectivity index (χ3n) is 6.25. The Hall–Kier alpha value is -0.120. The Kier molecular flexibility index (Phi) is 5.96. The van der Waals surface area contributed by atoms with E-state index in [2.05, 4.69) is 22.2 Å². The number of nitrogens with zero attached hydrogens (tertiary/aromatic N) is 2. The number of hydrogen-bond acceptors (Lipinski definition) is 3. The second kappa shape index (κ2) is 7.94. The van der Waals surface area contributed by atoms with Gasteiger partial charge in [0.2, 0.25) is 0 Å². The van der Waals surface area contributed by atoms with Crippen molar-refractivity contribution in [2.75, 3.05) is 39.8 Å². The molecule has 3 aliphatic rings. The maximum Gasteiger partial charge on any atom is 0.0120 e. The quantitative estimate of drug-likeness (QED) is 0.860. The molecule has 0 bridgehead atoms. The molecule has 122 valence electrons. The summed E-state index contributed by atoms with van der Waals surface area (Å²) in [4.78, 5) is 5.55. The average molecular weight is 293 g/mol. The van der Waals surface area contributed by atoms with E-state index in [9.17, 15) is 0 Å². The van der Waals surface area contributed by atoms with E-state index in [0.717, 1.165) is 18.0 Å². The van der Waals surface area contributed by atoms with Gasteiger partial charge in [-0.15, -0.1) is 0 Å². The minimum absolute atomic E-state index is 0.771. The molecule has 3 rings (SSSR count). The Morgan fingerprint density at radius 2 is 1.48 bits per heavy atom. The summed E-state index contributed by atoms with van der Waals surface area (Å²) >= 11 is 0. The van der Waals surface area contributed by atoms with E-state index in [4.69, 9.17) is 0 Å². The number of hydrogen-bond donors (Lipinski definition) is 1. The highest BCUT2D eigenvalue weighted by atomic mass is 15.2. The van der Waals surface area contributed by atoms with Gasteiger partial charge in [-0.2, -0.15) is 0 Å². The molecule has 0 aromatic carbocycles. The molecule has 3 heteroatoms. The molecule has 0 aromatic heterocycles. The van der Waals surface area contributed by atoms with Gasteiger partial charge in [-0.25, -0.2) is 0 Å². The third-order valence-corrected chi connectivity index (χ3v) is 6.25. The summed E-state index contributed by atoms with van der Waals surface area (Å²) in [7, 11) is 2.12. The van der Waals surface area contributed by atoms with Gasteiger partial charge in [0.1, 0.15) is 0 Å². The lowest BCUT2D eigenvalue weighted by atomic mass is 9.88. The molecule has 1 N–H and O–H groups in total. The SMILES string of the molecule is CNC1CCN(C2CCN(CC3CCCCC3)CC2)CC1. The van der Waals surface area contributed by atoms with E-state index in [1.807, 2.05) is 0 Å². The molecular formula is C18H35N3. The molecule has 0 radical (unpaired) electrons. The van der Waals surface area contributed by atoms with Crippen molar-refractivity contribution in [2.45, 2.75) is 69.9 Å². The van der Waals surface area contributed by atoms with Crippen LogP contribution in [0.2, 0.25) is 0 Å². The smallest absolute Gasteiger partial charge is 0.0120 e. The standard InChI is InChI=1S/C18H35N3/c1-19-17-7-13-21(14-8-17)18-9-11-20(12-10-18)15-16-5-3-2-4-6-16/h16-19H,2-15H2,1H3. The van der Waals surface area contributed by atoms with E-state index in [-0.39, 0.29) is 0 Å². The Labute approximate surface area is 131 Å². The second-order valence-corrected chi connectivity index (χ2v) is 7.63. The van der Waals surface area contributed by atoms with Gasteiger partial charge in [-0.1, -0.05) is 19.3 Å². The van der Waals surface area contributed by atoms with Crippen LogP contribution in [0.4, 0.5) is 0 Å². The van der Waals surface area contributed by atoms with Crippen LogP contribution in [-0.2, 0) is 0 Å². The maximum atomic E-state index is 3.45. The highest BCUT2D eigenvalue weighted by molar-refractivity contribution is 4.85. The lowest BCUT2D eigenvalue weighted by Gasteiger charge is -2.42. The first-order valence-corrected chi connectivity index (χ1v) is 9.49. The molecule has 0 aromatic rings. The Balaban J connectivity index is 1.37. The zero-order valence-corrected chi connectivity index (χ0v) is 14.0. The predicted molar refractivity (Wildman–Crippen MR) is 89.7 cm³/mol. The minimum Gasteiger partial charge on any atom is -0.317 e. The van der Waals surface area contributed by atoms with E-state index < -0.39 is 0 Å². The van der Waals surface area contributed by atoms with Crippen LogP contribution in [0.1, 0.15) is 57.8 Å².